The van der Waals surface area contributed by atoms with Crippen LogP contribution in [0, 0.1) is 12.3 Å². The molecule has 0 aliphatic carbocycles. The van der Waals surface area contributed by atoms with E-state index in [1.54, 1.807) is 49.0 Å². The normalized spacial score (nSPS) is 16.9. The molecule has 1 aliphatic heterocycles. The van der Waals surface area contributed by atoms with E-state index in [1.807, 2.05) is 6.07 Å². The van der Waals surface area contributed by atoms with Crippen LogP contribution in [-0.4, -0.2) is 64.5 Å². The van der Waals surface area contributed by atoms with Gasteiger partial charge in [0.05, 0.1) is 12.6 Å². The average Bonchev–Trinajstić information content (AvgIpc) is 2.65. The molecule has 2 rings (SSSR count). The van der Waals surface area contributed by atoms with Gasteiger partial charge in [0, 0.05) is 32.0 Å². The van der Waals surface area contributed by atoms with Gasteiger partial charge in [-0.2, -0.15) is 0 Å². The third kappa shape index (κ3) is 5.98. The van der Waals surface area contributed by atoms with E-state index in [0.717, 1.165) is 5.56 Å². The number of nitrogens with zero attached hydrogens (tertiary/aromatic N) is 3. The minimum Gasteiger partial charge on any atom is -0.444 e. The lowest BCUT2D eigenvalue weighted by atomic mass is 10.0. The molecule has 1 aromatic rings. The van der Waals surface area contributed by atoms with Crippen molar-refractivity contribution in [3.63, 3.8) is 0 Å². The van der Waals surface area contributed by atoms with Crippen LogP contribution < -0.4 is 5.32 Å². The fourth-order valence-electron chi connectivity index (χ4n) is 2.88. The lowest BCUT2D eigenvalue weighted by molar-refractivity contribution is -0.140. The van der Waals surface area contributed by atoms with Crippen molar-refractivity contribution in [2.45, 2.75) is 38.8 Å². The monoisotopic (exact) mass is 386 g/mol. The Labute approximate surface area is 165 Å². The van der Waals surface area contributed by atoms with E-state index >= 15 is 0 Å². The van der Waals surface area contributed by atoms with Gasteiger partial charge in [0.25, 0.3) is 0 Å². The summed E-state index contributed by atoms with van der Waals surface area (Å²) in [6.07, 6.45) is 7.68. The van der Waals surface area contributed by atoms with Crippen molar-refractivity contribution in [1.82, 2.24) is 20.1 Å². The first kappa shape index (κ1) is 21.2. The number of pyridine rings is 1. The lowest BCUT2D eigenvalue weighted by Gasteiger charge is -2.41. The number of rotatable bonds is 4. The molecule has 1 aliphatic rings. The molecule has 8 heteroatoms. The van der Waals surface area contributed by atoms with Gasteiger partial charge in [-0.15, -0.1) is 6.42 Å². The molecule has 1 saturated heterocycles. The summed E-state index contributed by atoms with van der Waals surface area (Å²) in [6.45, 7) is 6.36. The molecule has 2 heterocycles. The number of terminal acetylenes is 1. The second-order valence-electron chi connectivity index (χ2n) is 7.47. The molecular formula is C20H26N4O4. The zero-order valence-corrected chi connectivity index (χ0v) is 16.5. The fourth-order valence-corrected chi connectivity index (χ4v) is 2.88. The predicted octanol–water partition coefficient (Wildman–Crippen LogP) is 1.34. The van der Waals surface area contributed by atoms with Gasteiger partial charge in [-0.05, 0) is 32.4 Å². The highest BCUT2D eigenvalue weighted by atomic mass is 16.6. The van der Waals surface area contributed by atoms with Crippen LogP contribution in [0.2, 0.25) is 0 Å². The molecule has 1 N–H and O–H groups in total. The van der Waals surface area contributed by atoms with Gasteiger partial charge in [-0.3, -0.25) is 14.6 Å². The molecule has 1 atom stereocenters. The summed E-state index contributed by atoms with van der Waals surface area (Å²) in [6, 6.07) is 3.20. The van der Waals surface area contributed by atoms with Crippen molar-refractivity contribution < 1.29 is 19.1 Å². The van der Waals surface area contributed by atoms with Crippen LogP contribution in [0.1, 0.15) is 38.8 Å². The first-order chi connectivity index (χ1) is 13.2. The van der Waals surface area contributed by atoms with Crippen LogP contribution in [0.5, 0.6) is 0 Å². The molecule has 150 valence electrons. The molecule has 28 heavy (non-hydrogen) atoms. The van der Waals surface area contributed by atoms with Gasteiger partial charge in [0.2, 0.25) is 11.8 Å². The molecule has 3 amide bonds. The Balaban J connectivity index is 2.15. The largest absolute Gasteiger partial charge is 0.444 e. The van der Waals surface area contributed by atoms with Gasteiger partial charge < -0.3 is 19.9 Å². The van der Waals surface area contributed by atoms with E-state index in [4.69, 9.17) is 11.2 Å². The minimum absolute atomic E-state index is 0.0740. The van der Waals surface area contributed by atoms with Crippen LogP contribution >= 0.6 is 0 Å². The average molecular weight is 386 g/mol. The highest BCUT2D eigenvalue weighted by Gasteiger charge is 2.35. The Morgan fingerprint density at radius 1 is 1.36 bits per heavy atom. The second kappa shape index (κ2) is 9.22. The van der Waals surface area contributed by atoms with Crippen LogP contribution in [-0.2, 0) is 14.3 Å². The summed E-state index contributed by atoms with van der Waals surface area (Å²) >= 11 is 0. The number of carbonyl (C=O) groups is 3. The number of amides is 3. The van der Waals surface area contributed by atoms with Crippen molar-refractivity contribution in [2.75, 3.05) is 26.2 Å². The Kier molecular flexibility index (Phi) is 6.99. The first-order valence-corrected chi connectivity index (χ1v) is 9.08. The highest BCUT2D eigenvalue weighted by Crippen LogP contribution is 2.26. The second-order valence-corrected chi connectivity index (χ2v) is 7.47. The molecule has 0 spiro atoms. The Hall–Kier alpha value is -3.08. The topological polar surface area (TPSA) is 91.8 Å². The predicted molar refractivity (Wildman–Crippen MR) is 103 cm³/mol. The zero-order valence-electron chi connectivity index (χ0n) is 16.5. The third-order valence-corrected chi connectivity index (χ3v) is 4.12. The van der Waals surface area contributed by atoms with E-state index in [9.17, 15) is 14.4 Å². The van der Waals surface area contributed by atoms with Crippen LogP contribution in [0.15, 0.2) is 24.5 Å². The van der Waals surface area contributed by atoms with E-state index < -0.39 is 23.6 Å². The maximum Gasteiger partial charge on any atom is 0.410 e. The number of nitrogens with one attached hydrogen (secondary N) is 1. The summed E-state index contributed by atoms with van der Waals surface area (Å²) in [4.78, 5) is 44.3. The molecule has 1 aromatic heterocycles. The SMILES string of the molecule is C#CCNC(=O)CC(=O)N1CCN(C(=O)OC(C)(C)C)CC1c1cccnc1. The molecule has 1 unspecified atom stereocenters. The maximum atomic E-state index is 12.7. The van der Waals surface area contributed by atoms with Crippen LogP contribution in [0.25, 0.3) is 0 Å². The van der Waals surface area contributed by atoms with Crippen molar-refractivity contribution in [3.05, 3.63) is 30.1 Å². The fraction of sp³-hybridized carbons (Fsp3) is 0.500. The summed E-state index contributed by atoms with van der Waals surface area (Å²) in [5.74, 6) is 1.54. The zero-order chi connectivity index (χ0) is 20.7. The van der Waals surface area contributed by atoms with Crippen LogP contribution in [0.4, 0.5) is 4.79 Å². The van der Waals surface area contributed by atoms with Crippen molar-refractivity contribution in [1.29, 1.82) is 0 Å². The number of ether oxygens (including phenoxy) is 1. The minimum atomic E-state index is -0.608. The number of aromatic nitrogens is 1. The molecule has 1 fully saturated rings. The molecule has 0 aromatic carbocycles. The number of carbonyl (C=O) groups excluding carboxylic acids is 3. The van der Waals surface area contributed by atoms with E-state index in [2.05, 4.69) is 16.2 Å². The van der Waals surface area contributed by atoms with Gasteiger partial charge in [0.1, 0.15) is 12.0 Å². The summed E-state index contributed by atoms with van der Waals surface area (Å²) in [5, 5.41) is 2.49. The Bertz CT molecular complexity index is 752. The van der Waals surface area contributed by atoms with Crippen molar-refractivity contribution in [3.8, 4) is 12.3 Å². The number of hydrogen-bond donors (Lipinski definition) is 1. The number of hydrogen-bond acceptors (Lipinski definition) is 5. The first-order valence-electron chi connectivity index (χ1n) is 9.08. The lowest BCUT2D eigenvalue weighted by Crippen LogP contribution is -2.53. The van der Waals surface area contributed by atoms with Gasteiger partial charge in [-0.1, -0.05) is 12.0 Å². The van der Waals surface area contributed by atoms with Gasteiger partial charge >= 0.3 is 6.09 Å². The van der Waals surface area contributed by atoms with E-state index in [1.165, 1.54) is 0 Å². The molecule has 0 radical (unpaired) electrons. The molecular weight excluding hydrogens is 360 g/mol. The third-order valence-electron chi connectivity index (χ3n) is 4.12. The van der Waals surface area contributed by atoms with Gasteiger partial charge in [0.15, 0.2) is 0 Å². The Morgan fingerprint density at radius 3 is 2.71 bits per heavy atom. The van der Waals surface area contributed by atoms with Gasteiger partial charge in [-0.25, -0.2) is 4.79 Å². The molecule has 0 saturated carbocycles. The number of piperazine rings is 1. The molecule has 8 nitrogen and oxygen atoms in total. The van der Waals surface area contributed by atoms with E-state index in [-0.39, 0.29) is 25.4 Å². The standard InChI is InChI=1S/C20H26N4O4/c1-5-8-22-17(25)12-18(26)24-11-10-23(19(27)28-20(2,3)4)14-16(24)15-7-6-9-21-13-15/h1,6-7,9,13,16H,8,10-12,14H2,2-4H3,(H,22,25). The quantitative estimate of drug-likeness (QED) is 0.623. The summed E-state index contributed by atoms with van der Waals surface area (Å²) in [5.41, 5.74) is 0.177. The maximum absolute atomic E-state index is 12.7. The van der Waals surface area contributed by atoms with Crippen LogP contribution in [0.3, 0.4) is 0 Å². The Morgan fingerprint density at radius 2 is 2.11 bits per heavy atom. The summed E-state index contributed by atoms with van der Waals surface area (Å²) in [7, 11) is 0. The van der Waals surface area contributed by atoms with Crippen molar-refractivity contribution >= 4 is 17.9 Å². The van der Waals surface area contributed by atoms with E-state index in [0.29, 0.717) is 13.1 Å². The smallest absolute Gasteiger partial charge is 0.410 e. The highest BCUT2D eigenvalue weighted by molar-refractivity contribution is 5.97. The summed E-state index contributed by atoms with van der Waals surface area (Å²) < 4.78 is 5.45. The molecule has 0 bridgehead atoms. The van der Waals surface area contributed by atoms with Crippen molar-refractivity contribution in [2.24, 2.45) is 0 Å².